The van der Waals surface area contributed by atoms with Crippen LogP contribution in [0.25, 0.3) is 0 Å². The lowest BCUT2D eigenvalue weighted by atomic mass is 10.1. The second kappa shape index (κ2) is 8.20. The van der Waals surface area contributed by atoms with Crippen molar-refractivity contribution in [2.45, 2.75) is 39.3 Å². The molecular weight excluding hydrogens is 210 g/mol. The number of hydrogen-bond acceptors (Lipinski definition) is 3. The van der Waals surface area contributed by atoms with Crippen LogP contribution in [-0.2, 0) is 6.54 Å². The molecule has 17 heavy (non-hydrogen) atoms. The van der Waals surface area contributed by atoms with Gasteiger partial charge in [0.1, 0.15) is 0 Å². The summed E-state index contributed by atoms with van der Waals surface area (Å²) in [5.74, 6) is 0. The van der Waals surface area contributed by atoms with E-state index in [0.29, 0.717) is 6.04 Å². The Morgan fingerprint density at radius 3 is 2.76 bits per heavy atom. The fraction of sp³-hybridized carbons (Fsp3) is 0.643. The summed E-state index contributed by atoms with van der Waals surface area (Å²) in [5.41, 5.74) is 1.14. The van der Waals surface area contributed by atoms with E-state index in [1.165, 1.54) is 12.8 Å². The zero-order chi connectivity index (χ0) is 12.5. The number of nitrogens with zero attached hydrogens (tertiary/aromatic N) is 2. The van der Waals surface area contributed by atoms with E-state index in [4.69, 9.17) is 0 Å². The van der Waals surface area contributed by atoms with Crippen molar-refractivity contribution in [2.75, 3.05) is 20.1 Å². The molecule has 0 aromatic carbocycles. The maximum Gasteiger partial charge on any atom is 0.0543 e. The van der Waals surface area contributed by atoms with Crippen molar-refractivity contribution in [3.63, 3.8) is 0 Å². The highest BCUT2D eigenvalue weighted by Crippen LogP contribution is 2.03. The molecule has 0 aliphatic rings. The third-order valence-electron chi connectivity index (χ3n) is 2.82. The Kier molecular flexibility index (Phi) is 6.82. The van der Waals surface area contributed by atoms with E-state index in [0.717, 1.165) is 25.3 Å². The molecule has 3 nitrogen and oxygen atoms in total. The van der Waals surface area contributed by atoms with Crippen LogP contribution < -0.4 is 5.32 Å². The summed E-state index contributed by atoms with van der Waals surface area (Å²) in [6, 6.07) is 6.68. The largest absolute Gasteiger partial charge is 0.313 e. The molecule has 1 rings (SSSR count). The molecule has 1 aromatic heterocycles. The summed E-state index contributed by atoms with van der Waals surface area (Å²) in [6.07, 6.45) is 4.33. The van der Waals surface area contributed by atoms with Gasteiger partial charge in [0.15, 0.2) is 0 Å². The van der Waals surface area contributed by atoms with Crippen LogP contribution >= 0.6 is 0 Å². The molecule has 0 aliphatic carbocycles. The predicted molar refractivity (Wildman–Crippen MR) is 72.9 cm³/mol. The number of aromatic nitrogens is 1. The first-order chi connectivity index (χ1) is 8.26. The third kappa shape index (κ3) is 5.80. The van der Waals surface area contributed by atoms with Gasteiger partial charge in [-0.3, -0.25) is 9.88 Å². The van der Waals surface area contributed by atoms with Crippen LogP contribution in [0.4, 0.5) is 0 Å². The lowest BCUT2D eigenvalue weighted by Gasteiger charge is -2.24. The summed E-state index contributed by atoms with van der Waals surface area (Å²) in [7, 11) is 2.16. The second-order valence-electron chi connectivity index (χ2n) is 4.56. The van der Waals surface area contributed by atoms with Crippen LogP contribution in [0.15, 0.2) is 24.4 Å². The molecule has 0 aliphatic heterocycles. The Hall–Kier alpha value is -0.930. The smallest absolute Gasteiger partial charge is 0.0543 e. The van der Waals surface area contributed by atoms with Gasteiger partial charge in [0.05, 0.1) is 5.69 Å². The van der Waals surface area contributed by atoms with Gasteiger partial charge < -0.3 is 5.32 Å². The molecule has 0 saturated heterocycles. The minimum Gasteiger partial charge on any atom is -0.313 e. The number of rotatable bonds is 8. The molecule has 0 fully saturated rings. The molecule has 1 aromatic rings. The van der Waals surface area contributed by atoms with Crippen LogP contribution in [0.1, 0.15) is 32.4 Å². The van der Waals surface area contributed by atoms with E-state index in [-0.39, 0.29) is 0 Å². The molecule has 1 heterocycles. The van der Waals surface area contributed by atoms with Crippen molar-refractivity contribution in [2.24, 2.45) is 0 Å². The molecule has 1 atom stereocenters. The summed E-state index contributed by atoms with van der Waals surface area (Å²) in [5, 5.41) is 3.54. The van der Waals surface area contributed by atoms with Crippen LogP contribution in [0.5, 0.6) is 0 Å². The Bertz CT molecular complexity index is 281. The maximum absolute atomic E-state index is 4.36. The minimum atomic E-state index is 0.596. The standard InChI is InChI=1S/C14H25N3/c1-4-8-13(15-5-2)11-17(3)12-14-9-6-7-10-16-14/h6-7,9-10,13,15H,4-5,8,11-12H2,1-3H3. The van der Waals surface area contributed by atoms with Gasteiger partial charge in [-0.1, -0.05) is 26.3 Å². The van der Waals surface area contributed by atoms with Crippen molar-refractivity contribution in [1.82, 2.24) is 15.2 Å². The number of nitrogens with one attached hydrogen (secondary N) is 1. The fourth-order valence-corrected chi connectivity index (χ4v) is 2.10. The van der Waals surface area contributed by atoms with Gasteiger partial charge in [-0.15, -0.1) is 0 Å². The SMILES string of the molecule is CCCC(CN(C)Cc1ccccn1)NCC. The number of hydrogen-bond donors (Lipinski definition) is 1. The van der Waals surface area contributed by atoms with Crippen LogP contribution in [0, 0.1) is 0 Å². The molecule has 0 bridgehead atoms. The molecule has 1 N–H and O–H groups in total. The Morgan fingerprint density at radius 1 is 1.35 bits per heavy atom. The highest BCUT2D eigenvalue weighted by atomic mass is 15.1. The molecule has 0 spiro atoms. The van der Waals surface area contributed by atoms with Crippen molar-refractivity contribution >= 4 is 0 Å². The molecule has 3 heteroatoms. The van der Waals surface area contributed by atoms with Gasteiger partial charge in [-0.05, 0) is 32.1 Å². The first kappa shape index (κ1) is 14.1. The Balaban J connectivity index is 2.38. The molecule has 1 unspecified atom stereocenters. The molecule has 96 valence electrons. The zero-order valence-electron chi connectivity index (χ0n) is 11.3. The molecule has 0 amide bonds. The van der Waals surface area contributed by atoms with Gasteiger partial charge >= 0.3 is 0 Å². The number of likely N-dealkylation sites (N-methyl/N-ethyl adjacent to an activating group) is 2. The molecule has 0 saturated carbocycles. The summed E-state index contributed by atoms with van der Waals surface area (Å²) >= 11 is 0. The van der Waals surface area contributed by atoms with Gasteiger partial charge in [-0.25, -0.2) is 0 Å². The minimum absolute atomic E-state index is 0.596. The van der Waals surface area contributed by atoms with Gasteiger partial charge in [0.25, 0.3) is 0 Å². The summed E-state index contributed by atoms with van der Waals surface area (Å²) in [4.78, 5) is 6.69. The highest BCUT2D eigenvalue weighted by molar-refractivity contribution is 5.03. The molecular formula is C14H25N3. The first-order valence-corrected chi connectivity index (χ1v) is 6.58. The highest BCUT2D eigenvalue weighted by Gasteiger charge is 2.09. The van der Waals surface area contributed by atoms with E-state index in [1.54, 1.807) is 0 Å². The van der Waals surface area contributed by atoms with Crippen LogP contribution in [0.3, 0.4) is 0 Å². The topological polar surface area (TPSA) is 28.2 Å². The van der Waals surface area contributed by atoms with E-state index in [1.807, 2.05) is 18.3 Å². The maximum atomic E-state index is 4.36. The Labute approximate surface area is 105 Å². The van der Waals surface area contributed by atoms with E-state index in [9.17, 15) is 0 Å². The third-order valence-corrected chi connectivity index (χ3v) is 2.82. The Morgan fingerprint density at radius 2 is 2.18 bits per heavy atom. The lowest BCUT2D eigenvalue weighted by molar-refractivity contribution is 0.272. The van der Waals surface area contributed by atoms with E-state index in [2.05, 4.69) is 42.2 Å². The van der Waals surface area contributed by atoms with Crippen molar-refractivity contribution in [3.05, 3.63) is 30.1 Å². The number of pyridine rings is 1. The fourth-order valence-electron chi connectivity index (χ4n) is 2.10. The van der Waals surface area contributed by atoms with Gasteiger partial charge in [0, 0.05) is 25.3 Å². The lowest BCUT2D eigenvalue weighted by Crippen LogP contribution is -2.39. The quantitative estimate of drug-likeness (QED) is 0.749. The average Bonchev–Trinajstić information content (AvgIpc) is 2.30. The van der Waals surface area contributed by atoms with Crippen molar-refractivity contribution < 1.29 is 0 Å². The summed E-state index contributed by atoms with van der Waals surface area (Å²) in [6.45, 7) is 7.46. The van der Waals surface area contributed by atoms with Crippen molar-refractivity contribution in [3.8, 4) is 0 Å². The zero-order valence-corrected chi connectivity index (χ0v) is 11.3. The van der Waals surface area contributed by atoms with E-state index >= 15 is 0 Å². The van der Waals surface area contributed by atoms with Gasteiger partial charge in [-0.2, -0.15) is 0 Å². The summed E-state index contributed by atoms with van der Waals surface area (Å²) < 4.78 is 0. The monoisotopic (exact) mass is 235 g/mol. The van der Waals surface area contributed by atoms with E-state index < -0.39 is 0 Å². The van der Waals surface area contributed by atoms with Crippen LogP contribution in [0.2, 0.25) is 0 Å². The first-order valence-electron chi connectivity index (χ1n) is 6.58. The van der Waals surface area contributed by atoms with Crippen molar-refractivity contribution in [1.29, 1.82) is 0 Å². The van der Waals surface area contributed by atoms with Crippen LogP contribution in [-0.4, -0.2) is 36.1 Å². The normalized spacial score (nSPS) is 12.9. The average molecular weight is 235 g/mol. The molecule has 0 radical (unpaired) electrons. The predicted octanol–water partition coefficient (Wildman–Crippen LogP) is 2.29. The second-order valence-corrected chi connectivity index (χ2v) is 4.56. The van der Waals surface area contributed by atoms with Gasteiger partial charge in [0.2, 0.25) is 0 Å².